The standard InChI is InChI=1S/C21H24ClN5O2S/c1-4-15-18(19(22)26(3)25-15)21(29)27-9-8-16(12(2)11-27)24-20(28)13-6-5-7-17-14(13)10-23-30-17/h5-7,10,12,16H,4,8-9,11H2,1-3H3,(H,24,28). The lowest BCUT2D eigenvalue weighted by Crippen LogP contribution is -2.51. The second-order valence-corrected chi connectivity index (χ2v) is 8.92. The van der Waals surface area contributed by atoms with E-state index in [2.05, 4.69) is 21.7 Å². The van der Waals surface area contributed by atoms with Gasteiger partial charge in [0.1, 0.15) is 5.15 Å². The van der Waals surface area contributed by atoms with Gasteiger partial charge in [-0.3, -0.25) is 14.3 Å². The highest BCUT2D eigenvalue weighted by Crippen LogP contribution is 2.26. The Kier molecular flexibility index (Phi) is 5.79. The molecule has 158 valence electrons. The van der Waals surface area contributed by atoms with Gasteiger partial charge in [-0.15, -0.1) is 0 Å². The van der Waals surface area contributed by atoms with Crippen molar-refractivity contribution in [2.24, 2.45) is 13.0 Å². The van der Waals surface area contributed by atoms with Crippen LogP contribution in [0, 0.1) is 5.92 Å². The summed E-state index contributed by atoms with van der Waals surface area (Å²) in [5.41, 5.74) is 1.85. The number of rotatable bonds is 4. The van der Waals surface area contributed by atoms with Crippen molar-refractivity contribution in [1.82, 2.24) is 24.4 Å². The maximum absolute atomic E-state index is 13.1. The van der Waals surface area contributed by atoms with Crippen LogP contribution in [0.25, 0.3) is 10.1 Å². The lowest BCUT2D eigenvalue weighted by atomic mass is 9.92. The number of aryl methyl sites for hydroxylation is 2. The molecular weight excluding hydrogens is 422 g/mol. The summed E-state index contributed by atoms with van der Waals surface area (Å²) in [6.45, 7) is 5.14. The molecule has 4 rings (SSSR count). The van der Waals surface area contributed by atoms with E-state index in [9.17, 15) is 9.59 Å². The van der Waals surface area contributed by atoms with Crippen molar-refractivity contribution in [3.8, 4) is 0 Å². The molecule has 1 aliphatic rings. The summed E-state index contributed by atoms with van der Waals surface area (Å²) < 4.78 is 6.73. The molecule has 1 saturated heterocycles. The van der Waals surface area contributed by atoms with Crippen molar-refractivity contribution >= 4 is 45.0 Å². The van der Waals surface area contributed by atoms with Crippen LogP contribution in [0.2, 0.25) is 5.15 Å². The zero-order valence-electron chi connectivity index (χ0n) is 17.2. The highest BCUT2D eigenvalue weighted by atomic mass is 35.5. The van der Waals surface area contributed by atoms with E-state index < -0.39 is 0 Å². The van der Waals surface area contributed by atoms with Crippen LogP contribution in [-0.4, -0.2) is 50.0 Å². The molecule has 0 spiro atoms. The minimum atomic E-state index is -0.0963. The first kappa shape index (κ1) is 20.8. The third kappa shape index (κ3) is 3.70. The Labute approximate surface area is 184 Å². The number of amides is 2. The number of aromatic nitrogens is 3. The fraction of sp³-hybridized carbons (Fsp3) is 0.429. The van der Waals surface area contributed by atoms with E-state index >= 15 is 0 Å². The van der Waals surface area contributed by atoms with Gasteiger partial charge in [-0.05, 0) is 42.4 Å². The number of carbonyl (C=O) groups is 2. The highest BCUT2D eigenvalue weighted by molar-refractivity contribution is 7.13. The van der Waals surface area contributed by atoms with Gasteiger partial charge in [0.2, 0.25) is 0 Å². The van der Waals surface area contributed by atoms with Crippen LogP contribution in [0.1, 0.15) is 46.7 Å². The van der Waals surface area contributed by atoms with Crippen molar-refractivity contribution in [2.45, 2.75) is 32.7 Å². The van der Waals surface area contributed by atoms with E-state index in [1.807, 2.05) is 30.0 Å². The molecule has 0 bridgehead atoms. The third-order valence-corrected chi connectivity index (χ3v) is 6.95. The number of carbonyl (C=O) groups excluding carboxylic acids is 2. The number of nitrogens with zero attached hydrogens (tertiary/aromatic N) is 4. The van der Waals surface area contributed by atoms with Crippen molar-refractivity contribution in [2.75, 3.05) is 13.1 Å². The average molecular weight is 446 g/mol. The van der Waals surface area contributed by atoms with Crippen molar-refractivity contribution in [1.29, 1.82) is 0 Å². The van der Waals surface area contributed by atoms with E-state index in [1.54, 1.807) is 17.9 Å². The van der Waals surface area contributed by atoms with Crippen LogP contribution in [0.5, 0.6) is 0 Å². The molecule has 30 heavy (non-hydrogen) atoms. The minimum Gasteiger partial charge on any atom is -0.349 e. The van der Waals surface area contributed by atoms with Crippen LogP contribution in [-0.2, 0) is 13.5 Å². The predicted molar refractivity (Wildman–Crippen MR) is 118 cm³/mol. The molecule has 1 N–H and O–H groups in total. The smallest absolute Gasteiger partial charge is 0.258 e. The summed E-state index contributed by atoms with van der Waals surface area (Å²) in [6, 6.07) is 5.66. The number of likely N-dealkylation sites (tertiary alicyclic amines) is 1. The second-order valence-electron chi connectivity index (χ2n) is 7.73. The predicted octanol–water partition coefficient (Wildman–Crippen LogP) is 3.53. The molecule has 0 aliphatic carbocycles. The molecular formula is C21H24ClN5O2S. The number of fused-ring (bicyclic) bond motifs is 1. The van der Waals surface area contributed by atoms with Crippen LogP contribution in [0.3, 0.4) is 0 Å². The maximum Gasteiger partial charge on any atom is 0.258 e. The molecule has 0 radical (unpaired) electrons. The molecule has 2 aromatic heterocycles. The monoisotopic (exact) mass is 445 g/mol. The summed E-state index contributed by atoms with van der Waals surface area (Å²) in [5.74, 6) is -0.0660. The first-order valence-electron chi connectivity index (χ1n) is 10.1. The lowest BCUT2D eigenvalue weighted by molar-refractivity contribution is 0.0632. The van der Waals surface area contributed by atoms with Gasteiger partial charge < -0.3 is 10.2 Å². The summed E-state index contributed by atoms with van der Waals surface area (Å²) >= 11 is 7.72. The Bertz CT molecular complexity index is 1110. The van der Waals surface area contributed by atoms with Crippen LogP contribution in [0.4, 0.5) is 0 Å². The molecule has 9 heteroatoms. The van der Waals surface area contributed by atoms with Gasteiger partial charge in [-0.25, -0.2) is 0 Å². The first-order valence-corrected chi connectivity index (χ1v) is 11.2. The Morgan fingerprint density at radius 1 is 1.37 bits per heavy atom. The van der Waals surface area contributed by atoms with Gasteiger partial charge in [0.05, 0.1) is 16.0 Å². The fourth-order valence-electron chi connectivity index (χ4n) is 4.05. The summed E-state index contributed by atoms with van der Waals surface area (Å²) in [5, 5.41) is 8.76. The Morgan fingerprint density at radius 2 is 2.17 bits per heavy atom. The molecule has 2 amide bonds. The van der Waals surface area contributed by atoms with Gasteiger partial charge in [-0.2, -0.15) is 9.47 Å². The zero-order valence-corrected chi connectivity index (χ0v) is 18.8. The quantitative estimate of drug-likeness (QED) is 0.666. The number of hydrogen-bond acceptors (Lipinski definition) is 5. The first-order chi connectivity index (χ1) is 14.4. The average Bonchev–Trinajstić information content (AvgIpc) is 3.33. The van der Waals surface area contributed by atoms with Crippen LogP contribution >= 0.6 is 23.1 Å². The Morgan fingerprint density at radius 3 is 2.90 bits per heavy atom. The minimum absolute atomic E-state index is 0.00147. The number of hydrogen-bond donors (Lipinski definition) is 1. The van der Waals surface area contributed by atoms with E-state index in [0.29, 0.717) is 47.9 Å². The van der Waals surface area contributed by atoms with Gasteiger partial charge in [0.25, 0.3) is 11.8 Å². The molecule has 2 atom stereocenters. The third-order valence-electron chi connectivity index (χ3n) is 5.75. The van der Waals surface area contributed by atoms with Gasteiger partial charge in [-0.1, -0.05) is 31.5 Å². The molecule has 2 unspecified atom stereocenters. The number of nitrogens with one attached hydrogen (secondary N) is 1. The van der Waals surface area contributed by atoms with E-state index in [4.69, 9.17) is 11.6 Å². The zero-order chi connectivity index (χ0) is 21.4. The van der Waals surface area contributed by atoms with E-state index in [1.165, 1.54) is 11.5 Å². The molecule has 7 nitrogen and oxygen atoms in total. The topological polar surface area (TPSA) is 80.1 Å². The number of piperidine rings is 1. The fourth-order valence-corrected chi connectivity index (χ4v) is 4.95. The second kappa shape index (κ2) is 8.35. The van der Waals surface area contributed by atoms with E-state index in [-0.39, 0.29) is 23.8 Å². The normalized spacial score (nSPS) is 19.3. The lowest BCUT2D eigenvalue weighted by Gasteiger charge is -2.37. The molecule has 0 saturated carbocycles. The highest BCUT2D eigenvalue weighted by Gasteiger charge is 2.33. The van der Waals surface area contributed by atoms with Crippen LogP contribution < -0.4 is 5.32 Å². The van der Waals surface area contributed by atoms with Crippen molar-refractivity contribution < 1.29 is 9.59 Å². The van der Waals surface area contributed by atoms with E-state index in [0.717, 1.165) is 10.1 Å². The summed E-state index contributed by atoms with van der Waals surface area (Å²) in [7, 11) is 1.74. The Balaban J connectivity index is 1.45. The van der Waals surface area contributed by atoms with Gasteiger partial charge in [0, 0.05) is 43.3 Å². The molecule has 3 aromatic rings. The largest absolute Gasteiger partial charge is 0.349 e. The SMILES string of the molecule is CCc1nn(C)c(Cl)c1C(=O)N1CCC(NC(=O)c2cccc3sncc23)C(C)C1. The molecule has 1 aliphatic heterocycles. The summed E-state index contributed by atoms with van der Waals surface area (Å²) in [4.78, 5) is 27.8. The molecule has 1 aromatic carbocycles. The maximum atomic E-state index is 13.1. The van der Waals surface area contributed by atoms with Crippen molar-refractivity contribution in [3.05, 3.63) is 46.4 Å². The molecule has 1 fully saturated rings. The van der Waals surface area contributed by atoms with Crippen LogP contribution in [0.15, 0.2) is 24.4 Å². The number of halogens is 1. The Hall–Kier alpha value is -2.45. The van der Waals surface area contributed by atoms with Gasteiger partial charge >= 0.3 is 0 Å². The molecule has 3 heterocycles. The van der Waals surface area contributed by atoms with Gasteiger partial charge in [0.15, 0.2) is 0 Å². The number of benzene rings is 1. The summed E-state index contributed by atoms with van der Waals surface area (Å²) in [6.07, 6.45) is 3.07. The van der Waals surface area contributed by atoms with Crippen molar-refractivity contribution in [3.63, 3.8) is 0 Å².